The van der Waals surface area contributed by atoms with Crippen molar-refractivity contribution in [3.63, 3.8) is 0 Å². The molecule has 0 spiro atoms. The minimum Gasteiger partial charge on any atom is -0.405 e. The Balaban J connectivity index is 0.00000312. The van der Waals surface area contributed by atoms with E-state index in [9.17, 15) is 13.2 Å². The van der Waals surface area contributed by atoms with Gasteiger partial charge in [0.25, 0.3) is 0 Å². The molecule has 0 aromatic heterocycles. The summed E-state index contributed by atoms with van der Waals surface area (Å²) in [6, 6.07) is 6.37. The molecule has 8 heteroatoms. The summed E-state index contributed by atoms with van der Waals surface area (Å²) in [4.78, 5) is 4.16. The molecule has 1 aliphatic rings. The number of ether oxygens (including phenoxy) is 1. The first-order valence-corrected chi connectivity index (χ1v) is 8.12. The van der Waals surface area contributed by atoms with E-state index in [0.717, 1.165) is 19.4 Å². The number of aliphatic imine (C=N–C) groups is 1. The Labute approximate surface area is 163 Å². The van der Waals surface area contributed by atoms with Gasteiger partial charge in [-0.05, 0) is 30.4 Å². The van der Waals surface area contributed by atoms with Gasteiger partial charge in [0, 0.05) is 25.6 Å². The topological polar surface area (TPSA) is 45.7 Å². The predicted molar refractivity (Wildman–Crippen MR) is 104 cm³/mol. The van der Waals surface area contributed by atoms with Crippen LogP contribution in [-0.2, 0) is 0 Å². The molecule has 25 heavy (non-hydrogen) atoms. The zero-order chi connectivity index (χ0) is 17.7. The molecule has 2 N–H and O–H groups in total. The number of rotatable bonds is 6. The Bertz CT molecular complexity index is 579. The van der Waals surface area contributed by atoms with Crippen molar-refractivity contribution in [3.8, 4) is 5.75 Å². The van der Waals surface area contributed by atoms with Crippen molar-refractivity contribution >= 4 is 29.9 Å². The Morgan fingerprint density at radius 1 is 1.32 bits per heavy atom. The van der Waals surface area contributed by atoms with E-state index in [4.69, 9.17) is 0 Å². The number of guanidine groups is 1. The van der Waals surface area contributed by atoms with Gasteiger partial charge >= 0.3 is 6.36 Å². The maximum Gasteiger partial charge on any atom is 0.573 e. The molecule has 142 valence electrons. The summed E-state index contributed by atoms with van der Waals surface area (Å²) < 4.78 is 41.6. The van der Waals surface area contributed by atoms with Crippen molar-refractivity contribution in [2.24, 2.45) is 10.9 Å². The third kappa shape index (κ3) is 7.29. The molecule has 1 aliphatic carbocycles. The first kappa shape index (κ1) is 21.9. The van der Waals surface area contributed by atoms with Gasteiger partial charge in [-0.1, -0.05) is 32.0 Å². The molecule has 1 aromatic rings. The van der Waals surface area contributed by atoms with Crippen LogP contribution in [-0.4, -0.2) is 32.0 Å². The number of nitrogens with zero attached hydrogens (tertiary/aromatic N) is 1. The highest BCUT2D eigenvalue weighted by Crippen LogP contribution is 2.45. The van der Waals surface area contributed by atoms with Crippen LogP contribution >= 0.6 is 24.0 Å². The Kier molecular flexibility index (Phi) is 8.30. The number of benzene rings is 1. The van der Waals surface area contributed by atoms with Crippen LogP contribution in [0.5, 0.6) is 5.75 Å². The average Bonchev–Trinajstić information content (AvgIpc) is 3.23. The van der Waals surface area contributed by atoms with Crippen LogP contribution in [0.3, 0.4) is 0 Å². The molecular formula is C17H25F3IN3O. The summed E-state index contributed by atoms with van der Waals surface area (Å²) in [6.07, 6.45) is -2.90. The van der Waals surface area contributed by atoms with Crippen LogP contribution in [0, 0.1) is 5.92 Å². The predicted octanol–water partition coefficient (Wildman–Crippen LogP) is 4.27. The average molecular weight is 471 g/mol. The van der Waals surface area contributed by atoms with Crippen molar-refractivity contribution < 1.29 is 17.9 Å². The highest BCUT2D eigenvalue weighted by Gasteiger charge is 2.42. The molecular weight excluding hydrogens is 446 g/mol. The van der Waals surface area contributed by atoms with Gasteiger partial charge in [-0.25, -0.2) is 0 Å². The number of halogens is 4. The molecule has 1 fully saturated rings. The van der Waals surface area contributed by atoms with Crippen molar-refractivity contribution in [2.45, 2.75) is 45.0 Å². The Morgan fingerprint density at radius 3 is 2.60 bits per heavy atom. The van der Waals surface area contributed by atoms with E-state index in [1.54, 1.807) is 25.2 Å². The van der Waals surface area contributed by atoms with Gasteiger partial charge in [-0.15, -0.1) is 37.1 Å². The number of hydrogen-bond acceptors (Lipinski definition) is 2. The van der Waals surface area contributed by atoms with Gasteiger partial charge < -0.3 is 15.4 Å². The molecule has 0 heterocycles. The maximum absolute atomic E-state index is 12.5. The van der Waals surface area contributed by atoms with Crippen LogP contribution in [0.15, 0.2) is 29.3 Å². The van der Waals surface area contributed by atoms with Crippen molar-refractivity contribution in [1.29, 1.82) is 0 Å². The molecule has 0 saturated heterocycles. The maximum atomic E-state index is 12.5. The van der Waals surface area contributed by atoms with E-state index in [1.165, 1.54) is 6.07 Å². The number of para-hydroxylation sites is 1. The van der Waals surface area contributed by atoms with Crippen molar-refractivity contribution in [1.82, 2.24) is 10.6 Å². The SMILES string of the molecule is CN=C(NCCC(C)C)NC1CC1c1ccccc1OC(F)(F)F.I. The van der Waals surface area contributed by atoms with Gasteiger partial charge in [0.05, 0.1) is 0 Å². The van der Waals surface area contributed by atoms with E-state index < -0.39 is 6.36 Å². The van der Waals surface area contributed by atoms with Crippen LogP contribution in [0.2, 0.25) is 0 Å². The molecule has 2 unspecified atom stereocenters. The standard InChI is InChI=1S/C17H24F3N3O.HI/c1-11(2)8-9-22-16(21-3)23-14-10-13(14)12-6-4-5-7-15(12)24-17(18,19)20;/h4-7,11,13-14H,8-10H2,1-3H3,(H2,21,22,23);1H. The molecule has 4 nitrogen and oxygen atoms in total. The van der Waals surface area contributed by atoms with E-state index in [0.29, 0.717) is 17.4 Å². The van der Waals surface area contributed by atoms with E-state index in [-0.39, 0.29) is 41.7 Å². The fourth-order valence-electron chi connectivity index (χ4n) is 2.55. The summed E-state index contributed by atoms with van der Waals surface area (Å²) >= 11 is 0. The monoisotopic (exact) mass is 471 g/mol. The third-order valence-electron chi connectivity index (χ3n) is 3.89. The Hall–Kier alpha value is -1.19. The van der Waals surface area contributed by atoms with Crippen LogP contribution in [0.1, 0.15) is 38.2 Å². The number of nitrogens with one attached hydrogen (secondary N) is 2. The van der Waals surface area contributed by atoms with E-state index in [2.05, 4.69) is 34.2 Å². The Morgan fingerprint density at radius 2 is 2.00 bits per heavy atom. The lowest BCUT2D eigenvalue weighted by molar-refractivity contribution is -0.274. The van der Waals surface area contributed by atoms with Crippen molar-refractivity contribution in [2.75, 3.05) is 13.6 Å². The molecule has 1 aromatic carbocycles. The lowest BCUT2D eigenvalue weighted by Gasteiger charge is -2.15. The summed E-state index contributed by atoms with van der Waals surface area (Å²) in [5.74, 6) is 1.14. The first-order chi connectivity index (χ1) is 11.3. The molecule has 0 amide bonds. The summed E-state index contributed by atoms with van der Waals surface area (Å²) in [5.41, 5.74) is 0.574. The molecule has 2 rings (SSSR count). The second-order valence-electron chi connectivity index (χ2n) is 6.36. The zero-order valence-electron chi connectivity index (χ0n) is 14.6. The minimum atomic E-state index is -4.68. The van der Waals surface area contributed by atoms with Crippen LogP contribution in [0.4, 0.5) is 13.2 Å². The van der Waals surface area contributed by atoms with Crippen molar-refractivity contribution in [3.05, 3.63) is 29.8 Å². The molecule has 0 bridgehead atoms. The van der Waals surface area contributed by atoms with Gasteiger partial charge in [0.15, 0.2) is 5.96 Å². The minimum absolute atomic E-state index is 0. The second kappa shape index (κ2) is 9.49. The molecule has 2 atom stereocenters. The highest BCUT2D eigenvalue weighted by molar-refractivity contribution is 14.0. The van der Waals surface area contributed by atoms with Crippen LogP contribution in [0.25, 0.3) is 0 Å². The fourth-order valence-corrected chi connectivity index (χ4v) is 2.55. The van der Waals surface area contributed by atoms with Crippen LogP contribution < -0.4 is 15.4 Å². The quantitative estimate of drug-likeness (QED) is 0.370. The normalized spacial score (nSPS) is 20.0. The molecule has 0 aliphatic heterocycles. The molecule has 0 radical (unpaired) electrons. The third-order valence-corrected chi connectivity index (χ3v) is 3.89. The number of alkyl halides is 3. The summed E-state index contributed by atoms with van der Waals surface area (Å²) in [7, 11) is 1.68. The first-order valence-electron chi connectivity index (χ1n) is 8.12. The fraction of sp³-hybridized carbons (Fsp3) is 0.588. The lowest BCUT2D eigenvalue weighted by Crippen LogP contribution is -2.39. The van der Waals surface area contributed by atoms with E-state index >= 15 is 0 Å². The lowest BCUT2D eigenvalue weighted by atomic mass is 10.1. The van der Waals surface area contributed by atoms with Gasteiger partial charge in [-0.3, -0.25) is 4.99 Å². The molecule has 1 saturated carbocycles. The zero-order valence-corrected chi connectivity index (χ0v) is 16.9. The van der Waals surface area contributed by atoms with Gasteiger partial charge in [-0.2, -0.15) is 0 Å². The van der Waals surface area contributed by atoms with E-state index in [1.807, 2.05) is 0 Å². The second-order valence-corrected chi connectivity index (χ2v) is 6.36. The van der Waals surface area contributed by atoms with Gasteiger partial charge in [0.2, 0.25) is 0 Å². The summed E-state index contributed by atoms with van der Waals surface area (Å²) in [5, 5.41) is 6.48. The smallest absolute Gasteiger partial charge is 0.405 e. The highest BCUT2D eigenvalue weighted by atomic mass is 127. The largest absolute Gasteiger partial charge is 0.573 e. The number of hydrogen-bond donors (Lipinski definition) is 2. The summed E-state index contributed by atoms with van der Waals surface area (Å²) in [6.45, 7) is 5.10. The van der Waals surface area contributed by atoms with Gasteiger partial charge in [0.1, 0.15) is 5.75 Å².